The van der Waals surface area contributed by atoms with Crippen molar-refractivity contribution < 1.29 is 26.7 Å². The minimum Gasteiger partial charge on any atom is -0.243 e. The average molecular weight is 338 g/mol. The number of rotatable bonds is 1. The van der Waals surface area contributed by atoms with Gasteiger partial charge in [0.25, 0.3) is 0 Å². The zero-order valence-electron chi connectivity index (χ0n) is 12.1. The Hall–Kier alpha value is -2.40. The molecule has 0 atom stereocenters. The van der Waals surface area contributed by atoms with Crippen LogP contribution in [0.3, 0.4) is 0 Å². The van der Waals surface area contributed by atoms with Gasteiger partial charge in [-0.05, 0) is 0 Å². The third kappa shape index (κ3) is 2.80. The molecule has 0 bridgehead atoms. The first-order chi connectivity index (χ1) is 10.4. The normalized spacial score (nSPS) is 13.4. The van der Waals surface area contributed by atoms with Gasteiger partial charge >= 0.3 is 18.1 Å². The standard InChI is InChI=1S/C11H11F5N6O/c1-9(2,3)6-7(10(12,13)11(14,15)16)22(20-18-6)8(23)21-5-4-17-19-21/h4-5H,1-3H3. The molecule has 2 heterocycles. The van der Waals surface area contributed by atoms with E-state index in [1.54, 1.807) is 0 Å². The molecule has 0 spiro atoms. The van der Waals surface area contributed by atoms with E-state index in [9.17, 15) is 26.7 Å². The van der Waals surface area contributed by atoms with Crippen LogP contribution in [0.15, 0.2) is 12.4 Å². The van der Waals surface area contributed by atoms with Gasteiger partial charge in [-0.25, -0.2) is 4.79 Å². The summed E-state index contributed by atoms with van der Waals surface area (Å²) in [6, 6.07) is -1.36. The third-order valence-corrected chi connectivity index (χ3v) is 2.83. The topological polar surface area (TPSA) is 78.5 Å². The maximum atomic E-state index is 13.9. The average Bonchev–Trinajstić information content (AvgIpc) is 3.05. The van der Waals surface area contributed by atoms with Crippen molar-refractivity contribution in [3.63, 3.8) is 0 Å². The van der Waals surface area contributed by atoms with Gasteiger partial charge in [-0.3, -0.25) is 0 Å². The molecule has 0 fully saturated rings. The quantitative estimate of drug-likeness (QED) is 0.746. The van der Waals surface area contributed by atoms with Gasteiger partial charge in [0.15, 0.2) is 5.69 Å². The summed E-state index contributed by atoms with van der Waals surface area (Å²) in [5.74, 6) is -5.32. The van der Waals surface area contributed by atoms with Crippen molar-refractivity contribution in [2.75, 3.05) is 0 Å². The molecule has 0 saturated carbocycles. The zero-order valence-corrected chi connectivity index (χ0v) is 12.1. The van der Waals surface area contributed by atoms with Crippen LogP contribution in [0.2, 0.25) is 0 Å². The molecule has 0 aromatic carbocycles. The summed E-state index contributed by atoms with van der Waals surface area (Å²) in [5.41, 5.74) is -3.49. The predicted molar refractivity (Wildman–Crippen MR) is 64.9 cm³/mol. The molecule has 0 amide bonds. The van der Waals surface area contributed by atoms with E-state index < -0.39 is 34.9 Å². The summed E-state index contributed by atoms with van der Waals surface area (Å²) in [5, 5.41) is 13.1. The largest absolute Gasteiger partial charge is 0.459 e. The molecule has 0 aliphatic rings. The summed E-state index contributed by atoms with van der Waals surface area (Å²) in [4.78, 5) is 12.1. The SMILES string of the molecule is CC(C)(C)c1nnn(C(=O)n2ccnn2)c1C(F)(F)C(F)(F)F. The van der Waals surface area contributed by atoms with E-state index in [-0.39, 0.29) is 4.68 Å². The summed E-state index contributed by atoms with van der Waals surface area (Å²) in [7, 11) is 0. The van der Waals surface area contributed by atoms with Crippen LogP contribution in [-0.4, -0.2) is 42.2 Å². The van der Waals surface area contributed by atoms with E-state index >= 15 is 0 Å². The highest BCUT2D eigenvalue weighted by Crippen LogP contribution is 2.46. The number of carbonyl (C=O) groups is 1. The van der Waals surface area contributed by atoms with E-state index in [4.69, 9.17) is 0 Å². The van der Waals surface area contributed by atoms with Crippen LogP contribution >= 0.6 is 0 Å². The Morgan fingerprint density at radius 2 is 1.70 bits per heavy atom. The van der Waals surface area contributed by atoms with E-state index in [0.717, 1.165) is 12.4 Å². The number of halogens is 5. The Kier molecular flexibility index (Phi) is 3.73. The van der Waals surface area contributed by atoms with Crippen molar-refractivity contribution in [3.05, 3.63) is 23.8 Å². The van der Waals surface area contributed by atoms with Crippen molar-refractivity contribution in [1.82, 2.24) is 30.0 Å². The van der Waals surface area contributed by atoms with E-state index in [2.05, 4.69) is 20.6 Å². The molecular formula is C11H11F5N6O. The van der Waals surface area contributed by atoms with E-state index in [1.807, 2.05) is 0 Å². The van der Waals surface area contributed by atoms with Gasteiger partial charge in [0.1, 0.15) is 0 Å². The Balaban J connectivity index is 2.71. The molecule has 126 valence electrons. The lowest BCUT2D eigenvalue weighted by molar-refractivity contribution is -0.292. The fraction of sp³-hybridized carbons (Fsp3) is 0.545. The Morgan fingerprint density at radius 3 is 2.13 bits per heavy atom. The molecule has 0 N–H and O–H groups in total. The monoisotopic (exact) mass is 338 g/mol. The second-order valence-electron chi connectivity index (χ2n) is 5.65. The lowest BCUT2D eigenvalue weighted by Crippen LogP contribution is -2.40. The Morgan fingerprint density at radius 1 is 1.09 bits per heavy atom. The Labute approximate surface area is 126 Å². The summed E-state index contributed by atoms with van der Waals surface area (Å²) in [6.45, 7) is 4.12. The van der Waals surface area contributed by atoms with Crippen LogP contribution in [0, 0.1) is 0 Å². The van der Waals surface area contributed by atoms with Crippen molar-refractivity contribution in [3.8, 4) is 0 Å². The highest BCUT2D eigenvalue weighted by atomic mass is 19.4. The molecule has 2 aromatic rings. The molecule has 0 saturated heterocycles. The predicted octanol–water partition coefficient (Wildman–Crippen LogP) is 2.34. The van der Waals surface area contributed by atoms with Gasteiger partial charge in [-0.2, -0.15) is 31.3 Å². The highest BCUT2D eigenvalue weighted by Gasteiger charge is 2.63. The van der Waals surface area contributed by atoms with Gasteiger partial charge in [0.2, 0.25) is 0 Å². The molecule has 0 unspecified atom stereocenters. The lowest BCUT2D eigenvalue weighted by Gasteiger charge is -2.24. The van der Waals surface area contributed by atoms with Gasteiger partial charge in [0.05, 0.1) is 18.1 Å². The molecular weight excluding hydrogens is 327 g/mol. The van der Waals surface area contributed by atoms with Crippen LogP contribution < -0.4 is 0 Å². The lowest BCUT2D eigenvalue weighted by atomic mass is 9.89. The maximum absolute atomic E-state index is 13.9. The van der Waals surface area contributed by atoms with Gasteiger partial charge in [-0.15, -0.1) is 10.2 Å². The van der Waals surface area contributed by atoms with Crippen LogP contribution in [0.1, 0.15) is 32.2 Å². The van der Waals surface area contributed by atoms with Crippen molar-refractivity contribution >= 4 is 6.03 Å². The molecule has 0 radical (unpaired) electrons. The first-order valence-corrected chi connectivity index (χ1v) is 6.19. The van der Waals surface area contributed by atoms with Gasteiger partial charge < -0.3 is 0 Å². The number of hydrogen-bond acceptors (Lipinski definition) is 5. The third-order valence-electron chi connectivity index (χ3n) is 2.83. The fourth-order valence-electron chi connectivity index (χ4n) is 1.74. The molecule has 2 aromatic heterocycles. The summed E-state index contributed by atoms with van der Waals surface area (Å²) in [6.07, 6.45) is -3.88. The maximum Gasteiger partial charge on any atom is 0.459 e. The van der Waals surface area contributed by atoms with Crippen LogP contribution in [-0.2, 0) is 11.3 Å². The molecule has 2 rings (SSSR count). The molecule has 12 heteroatoms. The number of hydrogen-bond donors (Lipinski definition) is 0. The number of aromatic nitrogens is 6. The molecule has 0 aliphatic heterocycles. The first-order valence-electron chi connectivity index (χ1n) is 6.19. The molecule has 7 nitrogen and oxygen atoms in total. The number of carbonyl (C=O) groups excluding carboxylic acids is 1. The zero-order chi connectivity index (χ0) is 17.6. The highest BCUT2D eigenvalue weighted by molar-refractivity contribution is 5.78. The second kappa shape index (κ2) is 5.06. The van der Waals surface area contributed by atoms with E-state index in [0.29, 0.717) is 4.68 Å². The van der Waals surface area contributed by atoms with Crippen molar-refractivity contribution in [2.45, 2.75) is 38.3 Å². The molecule has 23 heavy (non-hydrogen) atoms. The van der Waals surface area contributed by atoms with Crippen LogP contribution in [0.4, 0.5) is 26.7 Å². The van der Waals surface area contributed by atoms with Gasteiger partial charge in [-0.1, -0.05) is 31.2 Å². The van der Waals surface area contributed by atoms with Crippen molar-refractivity contribution in [2.24, 2.45) is 0 Å². The minimum atomic E-state index is -5.92. The fourth-order valence-corrected chi connectivity index (χ4v) is 1.74. The smallest absolute Gasteiger partial charge is 0.243 e. The van der Waals surface area contributed by atoms with Crippen LogP contribution in [0.5, 0.6) is 0 Å². The van der Waals surface area contributed by atoms with Crippen LogP contribution in [0.25, 0.3) is 0 Å². The summed E-state index contributed by atoms with van der Waals surface area (Å²) >= 11 is 0. The number of alkyl halides is 5. The summed E-state index contributed by atoms with van der Waals surface area (Å²) < 4.78 is 66.6. The first kappa shape index (κ1) is 17.0. The number of nitrogens with zero attached hydrogens (tertiary/aromatic N) is 6. The second-order valence-corrected chi connectivity index (χ2v) is 5.65. The molecule has 0 aliphatic carbocycles. The van der Waals surface area contributed by atoms with E-state index in [1.165, 1.54) is 20.8 Å². The Bertz CT molecular complexity index is 712. The van der Waals surface area contributed by atoms with Crippen molar-refractivity contribution in [1.29, 1.82) is 0 Å². The minimum absolute atomic E-state index is 0.108. The van der Waals surface area contributed by atoms with Gasteiger partial charge in [0, 0.05) is 5.41 Å².